The lowest BCUT2D eigenvalue weighted by molar-refractivity contribution is -0.173. The summed E-state index contributed by atoms with van der Waals surface area (Å²) in [5.41, 5.74) is 4.23. The van der Waals surface area contributed by atoms with Crippen molar-refractivity contribution in [2.24, 2.45) is 5.73 Å². The lowest BCUT2D eigenvalue weighted by Crippen LogP contribution is -2.43. The fraction of sp³-hybridized carbons (Fsp3) is 0.724. The van der Waals surface area contributed by atoms with Gasteiger partial charge in [0.15, 0.2) is 33.3 Å². The van der Waals surface area contributed by atoms with Gasteiger partial charge in [-0.3, -0.25) is 91.5 Å². The predicted octanol–water partition coefficient (Wildman–Crippen LogP) is 11.8. The molecular formula is C98H174F3N9O33SSi4. The Labute approximate surface area is 883 Å². The highest BCUT2D eigenvalue weighted by atomic mass is 32.2. The Hall–Kier alpha value is -9.14. The molecule has 42 nitrogen and oxygen atoms in total. The number of alkyl carbamates (subject to hydrolysis) is 2. The second-order valence-corrected chi connectivity index (χ2v) is 56.2. The molecule has 50 heteroatoms. The number of rotatable bonds is 59. The molecule has 9 rings (SSSR count). The van der Waals surface area contributed by atoms with Crippen LogP contribution in [-0.4, -0.2) is 370 Å². The Morgan fingerprint density at radius 2 is 0.703 bits per heavy atom. The van der Waals surface area contributed by atoms with Crippen LogP contribution in [-0.2, 0) is 132 Å². The molecule has 14 amide bonds. The Bertz CT molecular complexity index is 4190. The van der Waals surface area contributed by atoms with Crippen LogP contribution in [0.1, 0.15) is 204 Å². The predicted molar refractivity (Wildman–Crippen MR) is 563 cm³/mol. The first-order valence-corrected chi connectivity index (χ1v) is 61.7. The number of nitrogens with one attached hydrogen (secondary N) is 3. The van der Waals surface area contributed by atoms with Crippen molar-refractivity contribution in [3.05, 3.63) is 48.6 Å². The number of thioether (sulfide) groups is 1. The van der Waals surface area contributed by atoms with Gasteiger partial charge in [0.05, 0.1) is 91.4 Å². The van der Waals surface area contributed by atoms with Gasteiger partial charge in [0.2, 0.25) is 11.8 Å². The van der Waals surface area contributed by atoms with Crippen molar-refractivity contribution in [1.29, 1.82) is 0 Å². The second-order valence-electron chi connectivity index (χ2n) is 37.8. The van der Waals surface area contributed by atoms with Gasteiger partial charge in [-0.25, -0.2) is 14.4 Å². The van der Waals surface area contributed by atoms with Crippen molar-refractivity contribution in [1.82, 2.24) is 40.4 Å². The fourth-order valence-corrected chi connectivity index (χ4v) is 29.0. The zero-order valence-electron chi connectivity index (χ0n) is 89.1. The summed E-state index contributed by atoms with van der Waals surface area (Å²) in [5.74, 6) is -5.02. The number of hydrogen-bond donors (Lipinski definition) is 6. The maximum atomic E-state index is 12.3. The quantitative estimate of drug-likeness (QED) is 0.0143. The number of likely N-dealkylation sites (tertiary alicyclic amines) is 1. The van der Waals surface area contributed by atoms with Crippen LogP contribution in [0, 0.1) is 0 Å². The molecule has 0 aromatic rings. The van der Waals surface area contributed by atoms with E-state index < -0.39 is 104 Å². The van der Waals surface area contributed by atoms with Crippen LogP contribution in [0.15, 0.2) is 48.6 Å². The smallest absolute Gasteiger partial charge is 0.471 e. The van der Waals surface area contributed by atoms with E-state index in [0.717, 1.165) is 111 Å². The third kappa shape index (κ3) is 59.6. The third-order valence-electron chi connectivity index (χ3n) is 24.2. The topological polar surface area (TPSA) is 554 Å². The lowest BCUT2D eigenvalue weighted by atomic mass is 10.1. The molecular weight excluding hydrogens is 2030 g/mol. The number of halogens is 3. The van der Waals surface area contributed by atoms with Crippen molar-refractivity contribution >= 4 is 157 Å². The average molecular weight is 2220 g/mol. The number of carboxylic acid groups (broad SMARTS) is 1. The molecule has 852 valence electrons. The van der Waals surface area contributed by atoms with Gasteiger partial charge < -0.3 is 92.3 Å². The van der Waals surface area contributed by atoms with Gasteiger partial charge in [-0.05, 0) is 166 Å². The number of carbonyl (C=O) groups excluding carboxylic acids is 18. The Balaban J connectivity index is -0.000000553. The molecule has 148 heavy (non-hydrogen) atoms. The number of imide groups is 7. The number of aliphatic hydroxyl groups is 1. The summed E-state index contributed by atoms with van der Waals surface area (Å²) in [6.45, 7) is 18.5. The number of ether oxygens (including phenoxy) is 8. The summed E-state index contributed by atoms with van der Waals surface area (Å²) < 4.78 is 98.4. The first-order chi connectivity index (χ1) is 70.0. The lowest BCUT2D eigenvalue weighted by Gasteiger charge is -2.37. The van der Waals surface area contributed by atoms with Crippen LogP contribution in [0.4, 0.5) is 27.6 Å². The number of unbranched alkanes of at least 4 members (excludes halogenated alkanes) is 4. The molecule has 0 aliphatic carbocycles. The molecule has 0 saturated carbocycles. The molecule has 0 spiro atoms. The summed E-state index contributed by atoms with van der Waals surface area (Å²) in [5, 5.41) is 21.8. The van der Waals surface area contributed by atoms with Crippen LogP contribution in [0.3, 0.4) is 0 Å². The van der Waals surface area contributed by atoms with E-state index in [4.69, 9.17) is 66.8 Å². The minimum Gasteiger partial charge on any atom is -0.481 e. The first kappa shape index (κ1) is 137. The largest absolute Gasteiger partial charge is 0.481 e. The van der Waals surface area contributed by atoms with E-state index in [1.54, 1.807) is 33.0 Å². The average Bonchev–Trinajstić information content (AvgIpc) is 1.63. The molecule has 5 fully saturated rings. The number of ketones is 4. The molecule has 9 heterocycles. The number of methoxy groups -OCH3 is 1. The number of nitrogens with two attached hydrogens (primary N) is 1. The molecule has 0 aromatic heterocycles. The highest BCUT2D eigenvalue weighted by Crippen LogP contribution is 2.41. The van der Waals surface area contributed by atoms with E-state index in [1.807, 2.05) is 49.2 Å². The highest BCUT2D eigenvalue weighted by molar-refractivity contribution is 8.00. The summed E-state index contributed by atoms with van der Waals surface area (Å²) in [7, 11) is 4.30. The number of carboxylic acids is 1. The number of aliphatic hydroxyl groups excluding tert-OH is 1. The van der Waals surface area contributed by atoms with Crippen molar-refractivity contribution in [2.75, 3.05) is 167 Å². The normalized spacial score (nSPS) is 17.0. The van der Waals surface area contributed by atoms with E-state index in [9.17, 15) is 104 Å². The molecule has 9 aliphatic heterocycles. The maximum Gasteiger partial charge on any atom is 0.471 e. The van der Waals surface area contributed by atoms with Gasteiger partial charge in [-0.2, -0.15) is 18.1 Å². The Kier molecular flexibility index (Phi) is 69.9. The van der Waals surface area contributed by atoms with Crippen molar-refractivity contribution in [3.8, 4) is 0 Å². The number of Topliss-reactive ketones (excluding diaryl/α,β-unsaturated/α-hetero) is 4. The van der Waals surface area contributed by atoms with Gasteiger partial charge in [-0.15, -0.1) is 11.8 Å². The van der Waals surface area contributed by atoms with Gasteiger partial charge >= 0.3 is 36.3 Å². The number of carbonyl (C=O) groups is 19. The van der Waals surface area contributed by atoms with Crippen LogP contribution < -0.4 is 21.7 Å². The molecule has 7 N–H and O–H groups in total. The Morgan fingerprint density at radius 1 is 0.405 bits per heavy atom. The number of aliphatic carboxylic acids is 1. The summed E-state index contributed by atoms with van der Waals surface area (Å²) in [6, 6.07) is 15.2. The summed E-state index contributed by atoms with van der Waals surface area (Å²) in [4.78, 5) is 217. The van der Waals surface area contributed by atoms with E-state index >= 15 is 0 Å². The van der Waals surface area contributed by atoms with Gasteiger partial charge in [0.1, 0.15) is 34.3 Å². The molecule has 9 aliphatic rings. The van der Waals surface area contributed by atoms with E-state index in [-0.39, 0.29) is 125 Å². The second kappa shape index (κ2) is 75.6. The van der Waals surface area contributed by atoms with Crippen LogP contribution in [0.5, 0.6) is 0 Å². The number of alkyl halides is 3. The van der Waals surface area contributed by atoms with Crippen molar-refractivity contribution in [2.45, 2.75) is 292 Å². The van der Waals surface area contributed by atoms with Gasteiger partial charge in [-0.1, -0.05) is 51.4 Å². The molecule has 1 atom stereocenters. The highest BCUT2D eigenvalue weighted by Gasteiger charge is 2.45. The van der Waals surface area contributed by atoms with Gasteiger partial charge in [0, 0.05) is 188 Å². The molecule has 0 aromatic carbocycles. The summed E-state index contributed by atoms with van der Waals surface area (Å²) >= 11 is 1.38. The summed E-state index contributed by atoms with van der Waals surface area (Å²) in [6.07, 6.45) is 21.4. The monoisotopic (exact) mass is 2220 g/mol. The standard InChI is InChI=1S/C22H37NO6SSi.C18H29NO5Si.C13H20N2O5.C10H11F3N2O4.C10H20O2Si.C9H20N2O3.C9H18O3Si.C6H5NO4.CH4O.5H2/c1-18(24)9-13-30-20-17-21(26)23(22(20)27)10-12-29-11-5-8-19(25)7-3-4-14-31(28-2)15-6-16-31;1-23-25(14-5-15-25)13-3-2-6-16(20)7-4-11-24-12-10-19-17(21)8-9-18(19)22;1-13(2,3)20-12(18)14-6-8-19-9-7-15-10(16)4-5-11(15)17;11-10(12,13)9(18)14-3-5-19-6-4-15-7(16)1-2-8(15)17;1-10(11)6-3-4-7-13(12-2)8-5-9-13;1-9(2,3)14-8(12)11-5-7-13-6-4-10;1-12-13(7-4-8-13)6-3-2-5-9(10)11;1-11-6(10)7-4(8)2-3-5(7)9;1-2;;;;;/h20H,3-17H2,1-2H3;8-9H,2-7,10-15H2,1H3;4-5H,6-9H2,1-3H3,(H,14,18);1-2H,3-6H2,(H,14,18);3-9H2,1-2H3;4-7,10H2,1-3H3,(H,11,12);2-8H2,1H3,(H,10,11);2-3H,1H3;2H,1H3;5*1H/i;;;;;;;;;5*1+2. The molecule has 1 unspecified atom stereocenters. The molecule has 0 bridgehead atoms. The zero-order valence-corrected chi connectivity index (χ0v) is 93.9. The van der Waals surface area contributed by atoms with Crippen molar-refractivity contribution in [3.63, 3.8) is 0 Å². The number of nitrogens with zero attached hydrogens (tertiary/aromatic N) is 5. The van der Waals surface area contributed by atoms with Crippen LogP contribution in [0.2, 0.25) is 72.5 Å². The number of amides is 14. The van der Waals surface area contributed by atoms with E-state index in [2.05, 4.69) is 15.4 Å². The fourth-order valence-electron chi connectivity index (χ4n) is 15.2. The molecule has 0 radical (unpaired) electrons. The SMILES string of the molecule is CC(C)(C)OC(=O)NCCOCCN.CC(C)(C)OC(=O)NCCOCCN1C(=O)C=CC1=O.CO.COC(=O)N1C(=O)C=CC1=O.CO[Si]1(CCCCC(=O)CCCOCCN2C(=O)C=CC2=O)CCC1.CO[Si]1(CCCCC(=O)CCCOCCN2C(=O)CC(SCCC(C)=O)C2=O)CCC1.CO[Si]1(CCCCC(=O)O)CCC1.CO[Si]1(CCCCC(C)=O)CCC1.O=C1C=CC(=O)N1CCOCCNC(=O)C(F)(F)F.[3HH].[3HH].[3HH].[3HH].[3HH]. The van der Waals surface area contributed by atoms with E-state index in [1.165, 1.54) is 146 Å². The number of hydrogen-bond acceptors (Lipinski definition) is 34. The minimum absolute atomic E-state index is 0. The van der Waals surface area contributed by atoms with Crippen molar-refractivity contribution < 1.29 is 177 Å². The van der Waals surface area contributed by atoms with E-state index in [0.29, 0.717) is 133 Å². The maximum absolute atomic E-state index is 12.3. The zero-order chi connectivity index (χ0) is 111. The van der Waals surface area contributed by atoms with Crippen LogP contribution >= 0.6 is 11.8 Å². The Morgan fingerprint density at radius 3 is 0.993 bits per heavy atom. The van der Waals surface area contributed by atoms with Crippen LogP contribution in [0.25, 0.3) is 0 Å². The third-order valence-corrected chi connectivity index (χ3v) is 44.1. The minimum atomic E-state index is -4.92. The molecule has 5 saturated heterocycles. The first-order valence-electron chi connectivity index (χ1n) is 50.5. The van der Waals surface area contributed by atoms with Gasteiger partial charge in [0.25, 0.3) is 47.3 Å².